The van der Waals surface area contributed by atoms with Crippen LogP contribution in [0.25, 0.3) is 6.08 Å². The highest BCUT2D eigenvalue weighted by Crippen LogP contribution is 2.19. The number of carbonyl (C=O) groups is 1. The lowest BCUT2D eigenvalue weighted by Crippen LogP contribution is -1.86. The molecule has 3 heteroatoms. The van der Waals surface area contributed by atoms with Crippen molar-refractivity contribution >= 4 is 12.4 Å². The topological polar surface area (TPSA) is 26.3 Å². The zero-order valence-corrected chi connectivity index (χ0v) is 7.16. The van der Waals surface area contributed by atoms with Gasteiger partial charge in [0.05, 0.1) is 7.11 Å². The summed E-state index contributed by atoms with van der Waals surface area (Å²) in [5, 5.41) is 0. The Bertz CT molecular complexity index is 331. The number of methoxy groups -OCH3 is 1. The Kier molecular flexibility index (Phi) is 3.20. The number of hydrogen-bond acceptors (Lipinski definition) is 2. The van der Waals surface area contributed by atoms with E-state index in [1.165, 1.54) is 7.11 Å². The van der Waals surface area contributed by atoms with Crippen LogP contribution in [0.4, 0.5) is 4.39 Å². The summed E-state index contributed by atoms with van der Waals surface area (Å²) >= 11 is 0. The first-order valence-corrected chi connectivity index (χ1v) is 3.73. The number of hydrogen-bond donors (Lipinski definition) is 0. The highest BCUT2D eigenvalue weighted by Gasteiger charge is 1.99. The van der Waals surface area contributed by atoms with E-state index >= 15 is 0 Å². The minimum absolute atomic E-state index is 0.159. The third kappa shape index (κ3) is 2.40. The Morgan fingerprint density at radius 2 is 2.15 bits per heavy atom. The van der Waals surface area contributed by atoms with Gasteiger partial charge in [0, 0.05) is 5.56 Å². The minimum Gasteiger partial charge on any atom is -0.496 e. The smallest absolute Gasteiger partial charge is 0.178 e. The molecule has 68 valence electrons. The van der Waals surface area contributed by atoms with E-state index in [0.29, 0.717) is 11.3 Å². The summed E-state index contributed by atoms with van der Waals surface area (Å²) in [6.45, 7) is 0. The van der Waals surface area contributed by atoms with Gasteiger partial charge in [-0.15, -0.1) is 0 Å². The summed E-state index contributed by atoms with van der Waals surface area (Å²) < 4.78 is 17.5. The molecule has 1 aromatic rings. The molecule has 1 rings (SSSR count). The lowest BCUT2D eigenvalue weighted by Gasteiger charge is -2.02. The van der Waals surface area contributed by atoms with Gasteiger partial charge in [-0.25, -0.2) is 4.39 Å². The average Bonchev–Trinajstić information content (AvgIpc) is 2.18. The number of ether oxygens (including phenoxy) is 1. The van der Waals surface area contributed by atoms with Gasteiger partial charge in [0.15, 0.2) is 12.1 Å². The van der Waals surface area contributed by atoms with Crippen LogP contribution < -0.4 is 4.74 Å². The molecule has 0 aliphatic rings. The van der Waals surface area contributed by atoms with Crippen molar-refractivity contribution in [2.75, 3.05) is 7.11 Å². The van der Waals surface area contributed by atoms with Gasteiger partial charge in [-0.2, -0.15) is 0 Å². The van der Waals surface area contributed by atoms with Crippen LogP contribution in [0.5, 0.6) is 5.75 Å². The average molecular weight is 180 g/mol. The van der Waals surface area contributed by atoms with E-state index in [-0.39, 0.29) is 6.29 Å². The van der Waals surface area contributed by atoms with Crippen molar-refractivity contribution in [1.29, 1.82) is 0 Å². The lowest BCUT2D eigenvalue weighted by molar-refractivity contribution is -0.106. The van der Waals surface area contributed by atoms with Gasteiger partial charge < -0.3 is 4.74 Å². The summed E-state index contributed by atoms with van der Waals surface area (Å²) in [6, 6.07) is 6.88. The molecule has 0 N–H and O–H groups in total. The molecule has 0 aromatic heterocycles. The maximum absolute atomic E-state index is 12.6. The summed E-state index contributed by atoms with van der Waals surface area (Å²) in [5.74, 6) is -0.274. The third-order valence-corrected chi connectivity index (χ3v) is 1.54. The van der Waals surface area contributed by atoms with Crippen molar-refractivity contribution in [3.63, 3.8) is 0 Å². The van der Waals surface area contributed by atoms with E-state index in [4.69, 9.17) is 4.74 Å². The van der Waals surface area contributed by atoms with Gasteiger partial charge in [0.2, 0.25) is 0 Å². The van der Waals surface area contributed by atoms with Crippen LogP contribution >= 0.6 is 0 Å². The number of carbonyl (C=O) groups excluding carboxylic acids is 1. The maximum atomic E-state index is 12.6. The van der Waals surface area contributed by atoms with Gasteiger partial charge in [-0.1, -0.05) is 18.2 Å². The largest absolute Gasteiger partial charge is 0.496 e. The van der Waals surface area contributed by atoms with Gasteiger partial charge >= 0.3 is 0 Å². The first-order valence-electron chi connectivity index (χ1n) is 3.73. The molecule has 0 spiro atoms. The lowest BCUT2D eigenvalue weighted by atomic mass is 10.2. The number of rotatable bonds is 3. The van der Waals surface area contributed by atoms with Crippen LogP contribution in [0.3, 0.4) is 0 Å². The van der Waals surface area contributed by atoms with E-state index in [0.717, 1.165) is 6.08 Å². The summed E-state index contributed by atoms with van der Waals surface area (Å²) in [6.07, 6.45) is 1.29. The quantitative estimate of drug-likeness (QED) is 0.526. The van der Waals surface area contributed by atoms with Crippen LogP contribution in [0, 0.1) is 0 Å². The second kappa shape index (κ2) is 4.40. The van der Waals surface area contributed by atoms with Crippen molar-refractivity contribution in [1.82, 2.24) is 0 Å². The Labute approximate surface area is 75.6 Å². The predicted octanol–water partition coefficient (Wildman–Crippen LogP) is 2.20. The molecule has 0 aliphatic carbocycles. The highest BCUT2D eigenvalue weighted by atomic mass is 19.1. The van der Waals surface area contributed by atoms with Crippen LogP contribution in [0.15, 0.2) is 30.1 Å². The molecule has 0 radical (unpaired) electrons. The van der Waals surface area contributed by atoms with Crippen LogP contribution in [-0.4, -0.2) is 13.4 Å². The van der Waals surface area contributed by atoms with E-state index in [9.17, 15) is 9.18 Å². The molecule has 0 unspecified atom stereocenters. The van der Waals surface area contributed by atoms with Crippen LogP contribution in [0.2, 0.25) is 0 Å². The fraction of sp³-hybridized carbons (Fsp3) is 0.100. The molecule has 0 bridgehead atoms. The standard InChI is InChI=1S/C10H9FO2/c1-13-10-5-3-2-4-8(10)6-9(11)7-12/h2-7H,1H3/b9-6-. The van der Waals surface area contributed by atoms with E-state index < -0.39 is 5.83 Å². The Morgan fingerprint density at radius 1 is 1.46 bits per heavy atom. The Balaban J connectivity index is 3.06. The van der Waals surface area contributed by atoms with Gasteiger partial charge in [-0.05, 0) is 12.1 Å². The number of allylic oxidation sites excluding steroid dienone is 1. The van der Waals surface area contributed by atoms with Crippen molar-refractivity contribution in [2.24, 2.45) is 0 Å². The third-order valence-electron chi connectivity index (χ3n) is 1.54. The number of benzene rings is 1. The molecule has 1 aromatic carbocycles. The zero-order valence-electron chi connectivity index (χ0n) is 7.16. The predicted molar refractivity (Wildman–Crippen MR) is 48.1 cm³/mol. The molecule has 2 nitrogen and oxygen atoms in total. The fourth-order valence-corrected chi connectivity index (χ4v) is 0.968. The van der Waals surface area contributed by atoms with Crippen LogP contribution in [-0.2, 0) is 4.79 Å². The molecule has 0 fully saturated rings. The van der Waals surface area contributed by atoms with Crippen molar-refractivity contribution in [3.8, 4) is 5.75 Å². The second-order valence-corrected chi connectivity index (χ2v) is 2.39. The van der Waals surface area contributed by atoms with Crippen molar-refractivity contribution < 1.29 is 13.9 Å². The van der Waals surface area contributed by atoms with Crippen molar-refractivity contribution in [2.45, 2.75) is 0 Å². The first-order chi connectivity index (χ1) is 6.27. The second-order valence-electron chi connectivity index (χ2n) is 2.39. The van der Waals surface area contributed by atoms with E-state index in [2.05, 4.69) is 0 Å². The zero-order chi connectivity index (χ0) is 9.68. The minimum atomic E-state index is -0.815. The molecule has 0 heterocycles. The molecular formula is C10H9FO2. The SMILES string of the molecule is COc1ccccc1/C=C(\F)C=O. The first kappa shape index (κ1) is 9.45. The molecular weight excluding hydrogens is 171 g/mol. The Hall–Kier alpha value is -1.64. The molecule has 0 amide bonds. The summed E-state index contributed by atoms with van der Waals surface area (Å²) in [5.41, 5.74) is 0.551. The van der Waals surface area contributed by atoms with Crippen molar-refractivity contribution in [3.05, 3.63) is 35.7 Å². The highest BCUT2D eigenvalue weighted by molar-refractivity contribution is 5.79. The van der Waals surface area contributed by atoms with Gasteiger partial charge in [-0.3, -0.25) is 4.79 Å². The number of halogens is 1. The molecule has 0 aliphatic heterocycles. The van der Waals surface area contributed by atoms with Gasteiger partial charge in [0.25, 0.3) is 0 Å². The summed E-state index contributed by atoms with van der Waals surface area (Å²) in [4.78, 5) is 10.0. The number of aldehydes is 1. The molecule has 0 saturated heterocycles. The number of para-hydroxylation sites is 1. The fourth-order valence-electron chi connectivity index (χ4n) is 0.968. The van der Waals surface area contributed by atoms with E-state index in [1.54, 1.807) is 24.3 Å². The molecule has 0 atom stereocenters. The van der Waals surface area contributed by atoms with Gasteiger partial charge in [0.1, 0.15) is 5.75 Å². The normalized spacial score (nSPS) is 11.1. The maximum Gasteiger partial charge on any atom is 0.178 e. The molecule has 0 saturated carbocycles. The summed E-state index contributed by atoms with van der Waals surface area (Å²) in [7, 11) is 1.49. The monoisotopic (exact) mass is 180 g/mol. The van der Waals surface area contributed by atoms with Crippen LogP contribution in [0.1, 0.15) is 5.56 Å². The van der Waals surface area contributed by atoms with E-state index in [1.807, 2.05) is 0 Å². The Morgan fingerprint density at radius 3 is 2.77 bits per heavy atom. The molecule has 13 heavy (non-hydrogen) atoms.